The van der Waals surface area contributed by atoms with E-state index in [4.69, 9.17) is 4.74 Å². The van der Waals surface area contributed by atoms with Gasteiger partial charge in [0.1, 0.15) is 17.3 Å². The number of aliphatic hydroxyl groups excluding tert-OH is 1. The van der Waals surface area contributed by atoms with Crippen LogP contribution < -0.4 is 4.74 Å². The van der Waals surface area contributed by atoms with Crippen molar-refractivity contribution in [3.63, 3.8) is 0 Å². The topological polar surface area (TPSA) is 49.8 Å². The van der Waals surface area contributed by atoms with Crippen LogP contribution in [0.1, 0.15) is 25.8 Å². The van der Waals surface area contributed by atoms with Gasteiger partial charge in [-0.1, -0.05) is 18.7 Å². The second kappa shape index (κ2) is 7.93. The number of likely N-dealkylation sites (tertiary alicyclic amines) is 1. The van der Waals surface area contributed by atoms with Crippen LogP contribution in [0, 0.1) is 0 Å². The molecule has 1 aliphatic heterocycles. The van der Waals surface area contributed by atoms with Gasteiger partial charge in [-0.2, -0.15) is 0 Å². The molecular formula is C19H22FNO3. The Morgan fingerprint density at radius 1 is 1.42 bits per heavy atom. The third-order valence-electron chi connectivity index (χ3n) is 3.98. The lowest BCUT2D eigenvalue weighted by Crippen LogP contribution is -2.33. The van der Waals surface area contributed by atoms with Crippen molar-refractivity contribution in [3.05, 3.63) is 66.2 Å². The summed E-state index contributed by atoms with van der Waals surface area (Å²) in [5, 5.41) is 9.74. The molecule has 1 saturated heterocycles. The second-order valence-corrected chi connectivity index (χ2v) is 5.81. The maximum Gasteiger partial charge on any atom is 0.225 e. The number of aliphatic hydroxyl groups is 1. The molecule has 0 aliphatic carbocycles. The maximum atomic E-state index is 13.0. The quantitative estimate of drug-likeness (QED) is 0.641. The van der Waals surface area contributed by atoms with E-state index in [9.17, 15) is 14.3 Å². The molecule has 0 spiro atoms. The van der Waals surface area contributed by atoms with Crippen LogP contribution in [0.5, 0.6) is 5.75 Å². The fraction of sp³-hybridized carbons (Fsp3) is 0.316. The number of halogens is 1. The van der Waals surface area contributed by atoms with Gasteiger partial charge in [0.2, 0.25) is 5.91 Å². The zero-order valence-corrected chi connectivity index (χ0v) is 13.9. The molecule has 0 aromatic heterocycles. The minimum atomic E-state index is -0.600. The lowest BCUT2D eigenvalue weighted by atomic mass is 10.1. The molecule has 2 atom stereocenters. The van der Waals surface area contributed by atoms with Crippen LogP contribution in [0.25, 0.3) is 0 Å². The van der Waals surface area contributed by atoms with E-state index in [1.54, 1.807) is 24.0 Å². The van der Waals surface area contributed by atoms with E-state index >= 15 is 0 Å². The smallest absolute Gasteiger partial charge is 0.225 e. The Morgan fingerprint density at radius 3 is 2.62 bits per heavy atom. The van der Waals surface area contributed by atoms with Crippen molar-refractivity contribution in [2.24, 2.45) is 0 Å². The molecule has 5 heteroatoms. The standard InChI is InChI=1S/C19H22FNO3/c1-4-16(20)8-5-13(2)24-17-9-6-15(7-10-17)12-21-14(3)18(22)11-19(21)23/h4-10,14,18,22H,1,11-12H2,2-3H3/b13-5+,16-8+/t14-,18-/m0/s1. The second-order valence-electron chi connectivity index (χ2n) is 5.81. The van der Waals surface area contributed by atoms with Crippen LogP contribution in [0.15, 0.2) is 60.7 Å². The fourth-order valence-corrected chi connectivity index (χ4v) is 2.48. The van der Waals surface area contributed by atoms with E-state index in [2.05, 4.69) is 6.58 Å². The van der Waals surface area contributed by atoms with E-state index in [-0.39, 0.29) is 18.4 Å². The van der Waals surface area contributed by atoms with Crippen molar-refractivity contribution in [1.82, 2.24) is 4.90 Å². The first-order chi connectivity index (χ1) is 11.4. The normalized spacial score (nSPS) is 22.0. The molecular weight excluding hydrogens is 309 g/mol. The molecule has 0 unspecified atom stereocenters. The molecule has 1 aromatic rings. The molecule has 1 fully saturated rings. The van der Waals surface area contributed by atoms with Gasteiger partial charge in [-0.15, -0.1) is 0 Å². The van der Waals surface area contributed by atoms with Crippen molar-refractivity contribution >= 4 is 5.91 Å². The third kappa shape index (κ3) is 4.55. The molecule has 0 saturated carbocycles. The molecule has 0 radical (unpaired) electrons. The van der Waals surface area contributed by atoms with Crippen LogP contribution in [-0.2, 0) is 11.3 Å². The first-order valence-electron chi connectivity index (χ1n) is 7.81. The molecule has 1 heterocycles. The summed E-state index contributed by atoms with van der Waals surface area (Å²) in [4.78, 5) is 13.5. The van der Waals surface area contributed by atoms with Crippen molar-refractivity contribution < 1.29 is 19.0 Å². The summed E-state index contributed by atoms with van der Waals surface area (Å²) >= 11 is 0. The van der Waals surface area contributed by atoms with Gasteiger partial charge in [0.05, 0.1) is 18.6 Å². The lowest BCUT2D eigenvalue weighted by Gasteiger charge is -2.23. The van der Waals surface area contributed by atoms with E-state index in [1.165, 1.54) is 12.2 Å². The highest BCUT2D eigenvalue weighted by molar-refractivity contribution is 5.79. The number of nitrogens with zero attached hydrogens (tertiary/aromatic N) is 1. The SMILES string of the molecule is C=C/C(F)=C\C=C(/C)Oc1ccc(CN2C(=O)C[C@H](O)[C@@H]2C)cc1. The van der Waals surface area contributed by atoms with Gasteiger partial charge in [0.25, 0.3) is 0 Å². The Labute approximate surface area is 141 Å². The monoisotopic (exact) mass is 331 g/mol. The molecule has 24 heavy (non-hydrogen) atoms. The zero-order chi connectivity index (χ0) is 17.7. The summed E-state index contributed by atoms with van der Waals surface area (Å²) in [6.45, 7) is 7.36. The summed E-state index contributed by atoms with van der Waals surface area (Å²) in [6, 6.07) is 7.15. The molecule has 1 aromatic carbocycles. The summed E-state index contributed by atoms with van der Waals surface area (Å²) < 4.78 is 18.6. The van der Waals surface area contributed by atoms with Gasteiger partial charge >= 0.3 is 0 Å². The minimum absolute atomic E-state index is 0.0369. The first-order valence-corrected chi connectivity index (χ1v) is 7.81. The van der Waals surface area contributed by atoms with Crippen molar-refractivity contribution in [3.8, 4) is 5.75 Å². The van der Waals surface area contributed by atoms with E-state index in [1.807, 2.05) is 19.1 Å². The molecule has 1 N–H and O–H groups in total. The fourth-order valence-electron chi connectivity index (χ4n) is 2.48. The average Bonchev–Trinajstić information content (AvgIpc) is 2.80. The Hall–Kier alpha value is -2.40. The zero-order valence-electron chi connectivity index (χ0n) is 13.9. The Bertz CT molecular complexity index is 664. The molecule has 4 nitrogen and oxygen atoms in total. The Kier molecular flexibility index (Phi) is 5.93. The maximum absolute atomic E-state index is 13.0. The van der Waals surface area contributed by atoms with Crippen molar-refractivity contribution in [2.45, 2.75) is 39.0 Å². The number of carbonyl (C=O) groups excluding carboxylic acids is 1. The average molecular weight is 331 g/mol. The van der Waals surface area contributed by atoms with Crippen LogP contribution in [0.3, 0.4) is 0 Å². The number of carbonyl (C=O) groups is 1. The summed E-state index contributed by atoms with van der Waals surface area (Å²) in [5.41, 5.74) is 0.955. The van der Waals surface area contributed by atoms with E-state index < -0.39 is 11.9 Å². The number of benzene rings is 1. The van der Waals surface area contributed by atoms with E-state index in [0.29, 0.717) is 18.1 Å². The number of rotatable bonds is 6. The first kappa shape index (κ1) is 17.9. The summed E-state index contributed by atoms with van der Waals surface area (Å²) in [7, 11) is 0. The summed E-state index contributed by atoms with van der Waals surface area (Å²) in [5.74, 6) is 0.706. The van der Waals surface area contributed by atoms with Crippen LogP contribution in [0.2, 0.25) is 0 Å². The molecule has 0 bridgehead atoms. The highest BCUT2D eigenvalue weighted by Crippen LogP contribution is 2.23. The third-order valence-corrected chi connectivity index (χ3v) is 3.98. The highest BCUT2D eigenvalue weighted by Gasteiger charge is 2.35. The summed E-state index contributed by atoms with van der Waals surface area (Å²) in [6.07, 6.45) is 3.51. The lowest BCUT2D eigenvalue weighted by molar-refractivity contribution is -0.129. The number of hydrogen-bond donors (Lipinski definition) is 1. The Balaban J connectivity index is 1.98. The van der Waals surface area contributed by atoms with Crippen LogP contribution in [-0.4, -0.2) is 28.1 Å². The van der Waals surface area contributed by atoms with Crippen molar-refractivity contribution in [2.75, 3.05) is 0 Å². The van der Waals surface area contributed by atoms with Gasteiger partial charge in [-0.25, -0.2) is 4.39 Å². The van der Waals surface area contributed by atoms with Gasteiger partial charge in [-0.05, 0) is 49.8 Å². The van der Waals surface area contributed by atoms with Gasteiger partial charge in [0, 0.05) is 6.54 Å². The minimum Gasteiger partial charge on any atom is -0.462 e. The molecule has 1 amide bonds. The number of hydrogen-bond acceptors (Lipinski definition) is 3. The van der Waals surface area contributed by atoms with Gasteiger partial charge in [0.15, 0.2) is 0 Å². The van der Waals surface area contributed by atoms with Gasteiger partial charge in [-0.3, -0.25) is 4.79 Å². The number of ether oxygens (including phenoxy) is 1. The molecule has 1 aliphatic rings. The predicted molar refractivity (Wildman–Crippen MR) is 90.9 cm³/mol. The molecule has 2 rings (SSSR count). The largest absolute Gasteiger partial charge is 0.462 e. The van der Waals surface area contributed by atoms with Gasteiger partial charge < -0.3 is 14.7 Å². The van der Waals surface area contributed by atoms with Crippen LogP contribution in [0.4, 0.5) is 4.39 Å². The predicted octanol–water partition coefficient (Wildman–Crippen LogP) is 3.49. The van der Waals surface area contributed by atoms with Crippen molar-refractivity contribution in [1.29, 1.82) is 0 Å². The molecule has 128 valence electrons. The highest BCUT2D eigenvalue weighted by atomic mass is 19.1. The van der Waals surface area contributed by atoms with Crippen LogP contribution >= 0.6 is 0 Å². The number of allylic oxidation sites excluding steroid dienone is 5. The van der Waals surface area contributed by atoms with E-state index in [0.717, 1.165) is 11.6 Å². The number of amides is 1. The Morgan fingerprint density at radius 2 is 2.08 bits per heavy atom.